The molecular formula is C10H15NO3. The number of aliphatic hydroxyl groups is 1. The van der Waals surface area contributed by atoms with Gasteiger partial charge in [-0.2, -0.15) is 0 Å². The lowest BCUT2D eigenvalue weighted by Crippen LogP contribution is -2.23. The van der Waals surface area contributed by atoms with E-state index in [1.165, 1.54) is 6.08 Å². The van der Waals surface area contributed by atoms with Crippen LogP contribution in [0.1, 0.15) is 26.7 Å². The first-order valence-corrected chi connectivity index (χ1v) is 4.73. The van der Waals surface area contributed by atoms with Gasteiger partial charge in [0.05, 0.1) is 6.10 Å². The van der Waals surface area contributed by atoms with Crippen molar-refractivity contribution < 1.29 is 14.7 Å². The smallest absolute Gasteiger partial charge is 0.254 e. The summed E-state index contributed by atoms with van der Waals surface area (Å²) in [7, 11) is 0. The topological polar surface area (TPSA) is 66.4 Å². The Balaban J connectivity index is 2.48. The van der Waals surface area contributed by atoms with Gasteiger partial charge in [-0.15, -0.1) is 0 Å². The largest absolute Gasteiger partial charge is 0.393 e. The van der Waals surface area contributed by atoms with E-state index in [0.717, 1.165) is 0 Å². The van der Waals surface area contributed by atoms with Crippen molar-refractivity contribution in [2.24, 2.45) is 5.92 Å². The van der Waals surface area contributed by atoms with Gasteiger partial charge >= 0.3 is 0 Å². The highest BCUT2D eigenvalue weighted by molar-refractivity contribution is 6.16. The van der Waals surface area contributed by atoms with Crippen molar-refractivity contribution in [3.8, 4) is 0 Å². The fourth-order valence-electron chi connectivity index (χ4n) is 1.49. The number of carbonyl (C=O) groups is 2. The Labute approximate surface area is 83.0 Å². The molecule has 1 aliphatic rings. The molecule has 0 fully saturated rings. The maximum atomic E-state index is 11.1. The fourth-order valence-corrected chi connectivity index (χ4v) is 1.49. The molecule has 4 heteroatoms. The van der Waals surface area contributed by atoms with Gasteiger partial charge in [0.15, 0.2) is 0 Å². The first-order chi connectivity index (χ1) is 6.49. The summed E-state index contributed by atoms with van der Waals surface area (Å²) >= 11 is 0. The van der Waals surface area contributed by atoms with E-state index in [-0.39, 0.29) is 18.2 Å². The number of aliphatic hydroxyl groups excluding tert-OH is 1. The molecule has 0 aromatic rings. The second kappa shape index (κ2) is 4.37. The summed E-state index contributed by atoms with van der Waals surface area (Å²) < 4.78 is 0. The number of carbonyl (C=O) groups excluding carboxylic acids is 2. The first-order valence-electron chi connectivity index (χ1n) is 4.73. The van der Waals surface area contributed by atoms with E-state index in [1.807, 2.05) is 13.8 Å². The Kier molecular flexibility index (Phi) is 3.41. The van der Waals surface area contributed by atoms with Crippen LogP contribution in [-0.4, -0.2) is 23.0 Å². The number of rotatable bonds is 4. The molecule has 1 aliphatic heterocycles. The van der Waals surface area contributed by atoms with E-state index in [4.69, 9.17) is 0 Å². The van der Waals surface area contributed by atoms with Crippen LogP contribution in [0.3, 0.4) is 0 Å². The minimum absolute atomic E-state index is 0.260. The monoisotopic (exact) mass is 197 g/mol. The Morgan fingerprint density at radius 1 is 1.43 bits per heavy atom. The number of imide groups is 1. The van der Waals surface area contributed by atoms with Gasteiger partial charge in [-0.05, 0) is 12.3 Å². The van der Waals surface area contributed by atoms with Crippen molar-refractivity contribution in [3.05, 3.63) is 11.6 Å². The molecule has 0 aromatic heterocycles. The Morgan fingerprint density at radius 3 is 2.50 bits per heavy atom. The van der Waals surface area contributed by atoms with E-state index in [0.29, 0.717) is 17.9 Å². The molecule has 0 radical (unpaired) electrons. The SMILES string of the molecule is CC(C)CC(O)CC1=CC(=O)NC1=O. The lowest BCUT2D eigenvalue weighted by molar-refractivity contribution is -0.124. The standard InChI is InChI=1S/C10H15NO3/c1-6(2)3-8(12)4-7-5-9(13)11-10(7)14/h5-6,8,12H,3-4H2,1-2H3,(H,11,13,14). The van der Waals surface area contributed by atoms with Crippen LogP contribution in [-0.2, 0) is 9.59 Å². The summed E-state index contributed by atoms with van der Waals surface area (Å²) in [5, 5.41) is 11.7. The minimum atomic E-state index is -0.544. The summed E-state index contributed by atoms with van der Waals surface area (Å²) in [6, 6.07) is 0. The van der Waals surface area contributed by atoms with Crippen LogP contribution in [0.15, 0.2) is 11.6 Å². The van der Waals surface area contributed by atoms with Gasteiger partial charge in [-0.3, -0.25) is 14.9 Å². The molecule has 1 heterocycles. The number of hydrogen-bond donors (Lipinski definition) is 2. The van der Waals surface area contributed by atoms with Crippen LogP contribution in [0.2, 0.25) is 0 Å². The molecule has 0 saturated heterocycles. The van der Waals surface area contributed by atoms with Gasteiger partial charge in [0.2, 0.25) is 0 Å². The number of nitrogens with one attached hydrogen (secondary N) is 1. The van der Waals surface area contributed by atoms with Gasteiger partial charge in [0, 0.05) is 18.1 Å². The normalized spacial score (nSPS) is 18.4. The molecule has 1 unspecified atom stereocenters. The van der Waals surface area contributed by atoms with Gasteiger partial charge in [-0.25, -0.2) is 0 Å². The molecule has 0 spiro atoms. The van der Waals surface area contributed by atoms with Crippen LogP contribution >= 0.6 is 0 Å². The van der Waals surface area contributed by atoms with Gasteiger partial charge in [-0.1, -0.05) is 13.8 Å². The highest BCUT2D eigenvalue weighted by Gasteiger charge is 2.22. The van der Waals surface area contributed by atoms with Crippen LogP contribution in [0, 0.1) is 5.92 Å². The zero-order valence-electron chi connectivity index (χ0n) is 8.41. The Hall–Kier alpha value is -1.16. The molecule has 0 aromatic carbocycles. The van der Waals surface area contributed by atoms with Crippen molar-refractivity contribution in [3.63, 3.8) is 0 Å². The second-order valence-corrected chi connectivity index (χ2v) is 3.98. The van der Waals surface area contributed by atoms with Crippen molar-refractivity contribution in [1.29, 1.82) is 0 Å². The number of hydrogen-bond acceptors (Lipinski definition) is 3. The molecule has 14 heavy (non-hydrogen) atoms. The lowest BCUT2D eigenvalue weighted by Gasteiger charge is -2.12. The third-order valence-electron chi connectivity index (χ3n) is 2.03. The predicted octanol–water partition coefficient (Wildman–Crippen LogP) is 0.366. The highest BCUT2D eigenvalue weighted by Crippen LogP contribution is 2.15. The minimum Gasteiger partial charge on any atom is -0.393 e. The van der Waals surface area contributed by atoms with E-state index < -0.39 is 6.10 Å². The third-order valence-corrected chi connectivity index (χ3v) is 2.03. The Bertz CT molecular complexity index is 281. The molecule has 2 N–H and O–H groups in total. The first kappa shape index (κ1) is 10.9. The second-order valence-electron chi connectivity index (χ2n) is 3.98. The summed E-state index contributed by atoms with van der Waals surface area (Å²) in [4.78, 5) is 21.9. The average molecular weight is 197 g/mol. The van der Waals surface area contributed by atoms with Gasteiger partial charge < -0.3 is 5.11 Å². The quantitative estimate of drug-likeness (QED) is 0.640. The van der Waals surface area contributed by atoms with Crippen molar-refractivity contribution in [2.75, 3.05) is 0 Å². The van der Waals surface area contributed by atoms with Crippen LogP contribution in [0.25, 0.3) is 0 Å². The van der Waals surface area contributed by atoms with Gasteiger partial charge in [0.25, 0.3) is 11.8 Å². The van der Waals surface area contributed by atoms with Crippen molar-refractivity contribution >= 4 is 11.8 Å². The average Bonchev–Trinajstić information content (AvgIpc) is 2.28. The summed E-state index contributed by atoms with van der Waals surface area (Å²) in [6.45, 7) is 3.99. The Morgan fingerprint density at radius 2 is 2.07 bits per heavy atom. The van der Waals surface area contributed by atoms with E-state index in [1.54, 1.807) is 0 Å². The summed E-state index contributed by atoms with van der Waals surface area (Å²) in [5.74, 6) is -0.384. The van der Waals surface area contributed by atoms with Crippen molar-refractivity contribution in [2.45, 2.75) is 32.8 Å². The molecule has 78 valence electrons. The van der Waals surface area contributed by atoms with E-state index >= 15 is 0 Å². The zero-order valence-corrected chi connectivity index (χ0v) is 8.41. The molecule has 1 atom stereocenters. The predicted molar refractivity (Wildman–Crippen MR) is 51.3 cm³/mol. The molecule has 2 amide bonds. The molecule has 1 rings (SSSR count). The third kappa shape index (κ3) is 2.96. The molecular weight excluding hydrogens is 182 g/mol. The van der Waals surface area contributed by atoms with Gasteiger partial charge in [0.1, 0.15) is 0 Å². The zero-order chi connectivity index (χ0) is 10.7. The van der Waals surface area contributed by atoms with E-state index in [2.05, 4.69) is 5.32 Å². The molecule has 4 nitrogen and oxygen atoms in total. The summed E-state index contributed by atoms with van der Waals surface area (Å²) in [5.41, 5.74) is 0.378. The molecule has 0 bridgehead atoms. The lowest BCUT2D eigenvalue weighted by atomic mass is 10.00. The van der Waals surface area contributed by atoms with Crippen molar-refractivity contribution in [1.82, 2.24) is 5.32 Å². The van der Waals surface area contributed by atoms with E-state index in [9.17, 15) is 14.7 Å². The highest BCUT2D eigenvalue weighted by atomic mass is 16.3. The summed E-state index contributed by atoms with van der Waals surface area (Å²) in [6.07, 6.45) is 1.61. The maximum Gasteiger partial charge on any atom is 0.254 e. The molecule has 0 saturated carbocycles. The van der Waals surface area contributed by atoms with Crippen LogP contribution < -0.4 is 5.32 Å². The van der Waals surface area contributed by atoms with Crippen LogP contribution in [0.4, 0.5) is 0 Å². The maximum absolute atomic E-state index is 11.1. The molecule has 0 aliphatic carbocycles. The number of amides is 2. The fraction of sp³-hybridized carbons (Fsp3) is 0.600. The van der Waals surface area contributed by atoms with Crippen LogP contribution in [0.5, 0.6) is 0 Å².